The SMILES string of the molecule is C=C(C)C(=O)OCC(O)Cc1ccc(-c2ccccc2)cc1. The Balaban J connectivity index is 1.91. The van der Waals surface area contributed by atoms with Crippen molar-refractivity contribution in [2.45, 2.75) is 19.4 Å². The third kappa shape index (κ3) is 4.57. The van der Waals surface area contributed by atoms with Gasteiger partial charge in [-0.1, -0.05) is 61.2 Å². The van der Waals surface area contributed by atoms with Crippen molar-refractivity contribution in [3.8, 4) is 11.1 Å². The summed E-state index contributed by atoms with van der Waals surface area (Å²) in [6, 6.07) is 18.1. The van der Waals surface area contributed by atoms with Gasteiger partial charge in [0.25, 0.3) is 0 Å². The molecular formula is C19H20O3. The first-order chi connectivity index (χ1) is 10.6. The lowest BCUT2D eigenvalue weighted by molar-refractivity contribution is -0.141. The van der Waals surface area contributed by atoms with E-state index in [1.165, 1.54) is 0 Å². The zero-order valence-corrected chi connectivity index (χ0v) is 12.7. The molecule has 0 saturated heterocycles. The van der Waals surface area contributed by atoms with Gasteiger partial charge in [0.1, 0.15) is 6.61 Å². The van der Waals surface area contributed by atoms with Gasteiger partial charge >= 0.3 is 5.97 Å². The number of aliphatic hydroxyl groups excluding tert-OH is 1. The van der Waals surface area contributed by atoms with Crippen LogP contribution in [0.15, 0.2) is 66.7 Å². The van der Waals surface area contributed by atoms with E-state index in [4.69, 9.17) is 4.74 Å². The number of hydrogen-bond donors (Lipinski definition) is 1. The molecule has 0 spiro atoms. The van der Waals surface area contributed by atoms with Gasteiger partial charge < -0.3 is 9.84 Å². The molecule has 0 radical (unpaired) electrons. The molecule has 0 bridgehead atoms. The Labute approximate surface area is 130 Å². The summed E-state index contributed by atoms with van der Waals surface area (Å²) in [5, 5.41) is 9.91. The highest BCUT2D eigenvalue weighted by Crippen LogP contribution is 2.19. The lowest BCUT2D eigenvalue weighted by Gasteiger charge is -2.12. The van der Waals surface area contributed by atoms with Gasteiger partial charge in [-0.05, 0) is 23.6 Å². The average molecular weight is 296 g/mol. The number of ether oxygens (including phenoxy) is 1. The van der Waals surface area contributed by atoms with Crippen molar-refractivity contribution in [1.29, 1.82) is 0 Å². The van der Waals surface area contributed by atoms with Crippen molar-refractivity contribution in [3.05, 3.63) is 72.3 Å². The zero-order valence-electron chi connectivity index (χ0n) is 12.7. The lowest BCUT2D eigenvalue weighted by atomic mass is 10.0. The molecule has 0 fully saturated rings. The third-order valence-electron chi connectivity index (χ3n) is 3.29. The Kier molecular flexibility index (Phi) is 5.50. The maximum atomic E-state index is 11.3. The topological polar surface area (TPSA) is 46.5 Å². The first kappa shape index (κ1) is 16.0. The number of hydrogen-bond acceptors (Lipinski definition) is 3. The quantitative estimate of drug-likeness (QED) is 0.656. The summed E-state index contributed by atoms with van der Waals surface area (Å²) in [5.41, 5.74) is 3.62. The van der Waals surface area contributed by atoms with Crippen LogP contribution in [0.25, 0.3) is 11.1 Å². The number of esters is 1. The number of aliphatic hydroxyl groups is 1. The first-order valence-electron chi connectivity index (χ1n) is 7.21. The predicted octanol–water partition coefficient (Wildman–Crippen LogP) is 3.38. The Bertz CT molecular complexity index is 629. The van der Waals surface area contributed by atoms with Gasteiger partial charge in [-0.25, -0.2) is 4.79 Å². The average Bonchev–Trinajstić information content (AvgIpc) is 2.54. The molecule has 3 heteroatoms. The molecule has 0 aliphatic heterocycles. The molecule has 0 heterocycles. The standard InChI is InChI=1S/C19H20O3/c1-14(2)19(21)22-13-18(20)12-15-8-10-17(11-9-15)16-6-4-3-5-7-16/h3-11,18,20H,1,12-13H2,2H3. The van der Waals surface area contributed by atoms with Gasteiger partial charge in [-0.15, -0.1) is 0 Å². The predicted molar refractivity (Wildman–Crippen MR) is 87.4 cm³/mol. The molecule has 114 valence electrons. The molecule has 0 saturated carbocycles. The molecule has 1 atom stereocenters. The van der Waals surface area contributed by atoms with Crippen LogP contribution in [-0.2, 0) is 16.0 Å². The maximum absolute atomic E-state index is 11.3. The summed E-state index contributed by atoms with van der Waals surface area (Å²) in [6.45, 7) is 5.06. The van der Waals surface area contributed by atoms with Gasteiger partial charge in [0.2, 0.25) is 0 Å². The van der Waals surface area contributed by atoms with E-state index < -0.39 is 12.1 Å². The second-order valence-corrected chi connectivity index (χ2v) is 5.30. The van der Waals surface area contributed by atoms with Crippen molar-refractivity contribution in [2.75, 3.05) is 6.61 Å². The molecule has 2 rings (SSSR count). The Morgan fingerprint density at radius 2 is 1.68 bits per heavy atom. The number of carbonyl (C=O) groups excluding carboxylic acids is 1. The van der Waals surface area contributed by atoms with E-state index in [1.807, 2.05) is 42.5 Å². The second-order valence-electron chi connectivity index (χ2n) is 5.30. The minimum absolute atomic E-state index is 0.0217. The molecule has 1 unspecified atom stereocenters. The largest absolute Gasteiger partial charge is 0.460 e. The molecular weight excluding hydrogens is 276 g/mol. The van der Waals surface area contributed by atoms with Crippen LogP contribution in [0.4, 0.5) is 0 Å². The summed E-state index contributed by atoms with van der Waals surface area (Å²) < 4.78 is 4.94. The number of rotatable bonds is 6. The molecule has 1 N–H and O–H groups in total. The summed E-state index contributed by atoms with van der Waals surface area (Å²) in [7, 11) is 0. The van der Waals surface area contributed by atoms with Crippen LogP contribution < -0.4 is 0 Å². The van der Waals surface area contributed by atoms with Crippen molar-refractivity contribution < 1.29 is 14.6 Å². The number of carbonyl (C=O) groups is 1. The molecule has 2 aromatic rings. The summed E-state index contributed by atoms with van der Waals surface area (Å²) in [6.07, 6.45) is -0.274. The Morgan fingerprint density at radius 1 is 1.09 bits per heavy atom. The van der Waals surface area contributed by atoms with E-state index in [0.717, 1.165) is 16.7 Å². The summed E-state index contributed by atoms with van der Waals surface area (Å²) in [5.74, 6) is -0.474. The highest BCUT2D eigenvalue weighted by Gasteiger charge is 2.10. The van der Waals surface area contributed by atoms with Gasteiger partial charge in [0.05, 0.1) is 6.10 Å². The molecule has 0 aliphatic rings. The van der Waals surface area contributed by atoms with Crippen molar-refractivity contribution in [1.82, 2.24) is 0 Å². The van der Waals surface area contributed by atoms with Gasteiger partial charge in [0.15, 0.2) is 0 Å². The summed E-state index contributed by atoms with van der Waals surface area (Å²) >= 11 is 0. The molecule has 2 aromatic carbocycles. The van der Waals surface area contributed by atoms with E-state index in [1.54, 1.807) is 6.92 Å². The van der Waals surface area contributed by atoms with E-state index in [2.05, 4.69) is 18.7 Å². The zero-order chi connectivity index (χ0) is 15.9. The van der Waals surface area contributed by atoms with E-state index in [0.29, 0.717) is 12.0 Å². The third-order valence-corrected chi connectivity index (χ3v) is 3.29. The number of benzene rings is 2. The normalized spacial score (nSPS) is 11.7. The van der Waals surface area contributed by atoms with Crippen LogP contribution in [0, 0.1) is 0 Å². The Morgan fingerprint density at radius 3 is 2.27 bits per heavy atom. The van der Waals surface area contributed by atoms with Crippen LogP contribution in [-0.4, -0.2) is 23.8 Å². The smallest absolute Gasteiger partial charge is 0.333 e. The van der Waals surface area contributed by atoms with E-state index in [9.17, 15) is 9.90 Å². The minimum atomic E-state index is -0.717. The van der Waals surface area contributed by atoms with Gasteiger partial charge in [-0.3, -0.25) is 0 Å². The first-order valence-corrected chi connectivity index (χ1v) is 7.21. The van der Waals surface area contributed by atoms with Crippen LogP contribution in [0.2, 0.25) is 0 Å². The van der Waals surface area contributed by atoms with Gasteiger partial charge in [-0.2, -0.15) is 0 Å². The van der Waals surface area contributed by atoms with E-state index >= 15 is 0 Å². The summed E-state index contributed by atoms with van der Waals surface area (Å²) in [4.78, 5) is 11.3. The molecule has 0 aliphatic carbocycles. The van der Waals surface area contributed by atoms with Crippen LogP contribution in [0.3, 0.4) is 0 Å². The fourth-order valence-corrected chi connectivity index (χ4v) is 2.09. The minimum Gasteiger partial charge on any atom is -0.460 e. The van der Waals surface area contributed by atoms with Crippen LogP contribution in [0.1, 0.15) is 12.5 Å². The van der Waals surface area contributed by atoms with Crippen LogP contribution in [0.5, 0.6) is 0 Å². The van der Waals surface area contributed by atoms with Crippen molar-refractivity contribution in [3.63, 3.8) is 0 Å². The van der Waals surface area contributed by atoms with Crippen LogP contribution >= 0.6 is 0 Å². The molecule has 0 amide bonds. The molecule has 0 aromatic heterocycles. The Hall–Kier alpha value is -2.39. The second kappa shape index (κ2) is 7.57. The monoisotopic (exact) mass is 296 g/mol. The van der Waals surface area contributed by atoms with Crippen molar-refractivity contribution in [2.24, 2.45) is 0 Å². The fourth-order valence-electron chi connectivity index (χ4n) is 2.09. The van der Waals surface area contributed by atoms with E-state index in [-0.39, 0.29) is 6.61 Å². The molecule has 3 nitrogen and oxygen atoms in total. The van der Waals surface area contributed by atoms with Gasteiger partial charge in [0, 0.05) is 12.0 Å². The molecule has 22 heavy (non-hydrogen) atoms. The highest BCUT2D eigenvalue weighted by molar-refractivity contribution is 5.86. The highest BCUT2D eigenvalue weighted by atomic mass is 16.5. The lowest BCUT2D eigenvalue weighted by Crippen LogP contribution is -2.21. The van der Waals surface area contributed by atoms with Crippen molar-refractivity contribution >= 4 is 5.97 Å². The maximum Gasteiger partial charge on any atom is 0.333 e. The fraction of sp³-hybridized carbons (Fsp3) is 0.211.